The van der Waals surface area contributed by atoms with E-state index in [9.17, 15) is 14.7 Å². The van der Waals surface area contributed by atoms with Crippen molar-refractivity contribution >= 4 is 29.2 Å². The van der Waals surface area contributed by atoms with Crippen LogP contribution in [0.15, 0.2) is 48.6 Å². The largest absolute Gasteiger partial charge is 0.487 e. The molecular formula is C29H35ClN2O4. The Morgan fingerprint density at radius 3 is 2.64 bits per heavy atom. The molecule has 2 aliphatic heterocycles. The van der Waals surface area contributed by atoms with Crippen molar-refractivity contribution in [3.05, 3.63) is 70.3 Å². The minimum absolute atomic E-state index is 0.0759. The van der Waals surface area contributed by atoms with Gasteiger partial charge in [0.1, 0.15) is 12.4 Å². The van der Waals surface area contributed by atoms with Gasteiger partial charge in [0, 0.05) is 38.1 Å². The molecule has 0 aromatic heterocycles. The molecular weight excluding hydrogens is 476 g/mol. The van der Waals surface area contributed by atoms with E-state index >= 15 is 0 Å². The van der Waals surface area contributed by atoms with E-state index < -0.39 is 11.9 Å². The first kappa shape index (κ1) is 26.1. The molecule has 0 spiro atoms. The predicted molar refractivity (Wildman–Crippen MR) is 143 cm³/mol. The highest BCUT2D eigenvalue weighted by molar-refractivity contribution is 6.30. The molecule has 0 saturated carbocycles. The summed E-state index contributed by atoms with van der Waals surface area (Å²) in [5.74, 6) is -1.35. The lowest BCUT2D eigenvalue weighted by atomic mass is 9.94. The lowest BCUT2D eigenvalue weighted by Crippen LogP contribution is -2.30. The molecule has 2 aromatic rings. The number of carboxylic acids is 1. The summed E-state index contributed by atoms with van der Waals surface area (Å²) >= 11 is 6.27. The summed E-state index contributed by atoms with van der Waals surface area (Å²) in [5, 5.41) is 10.8. The van der Waals surface area contributed by atoms with Crippen LogP contribution in [0.25, 0.3) is 0 Å². The van der Waals surface area contributed by atoms with Crippen LogP contribution in [-0.2, 0) is 22.6 Å². The normalized spacial score (nSPS) is 20.7. The summed E-state index contributed by atoms with van der Waals surface area (Å²) in [6.45, 7) is 2.62. The second-order valence-corrected chi connectivity index (χ2v) is 10.1. The SMILES string of the molecule is CN1C/C=C/CCCCN2CCCCc3cc(Cl)ccc3COc3ccc(cc32)C(C(=O)O)CC1=O. The van der Waals surface area contributed by atoms with Gasteiger partial charge in [-0.3, -0.25) is 9.59 Å². The lowest BCUT2D eigenvalue weighted by Gasteiger charge is -2.28. The van der Waals surface area contributed by atoms with Gasteiger partial charge in [-0.1, -0.05) is 35.9 Å². The number of allylic oxidation sites excluding steroid dienone is 1. The van der Waals surface area contributed by atoms with Gasteiger partial charge in [-0.2, -0.15) is 0 Å². The van der Waals surface area contributed by atoms with E-state index in [2.05, 4.69) is 11.0 Å². The van der Waals surface area contributed by atoms with E-state index in [0.29, 0.717) is 18.7 Å². The van der Waals surface area contributed by atoms with Gasteiger partial charge >= 0.3 is 5.97 Å². The number of nitrogens with zero attached hydrogens (tertiary/aromatic N) is 2. The first-order valence-corrected chi connectivity index (χ1v) is 13.2. The molecule has 2 bridgehead atoms. The Morgan fingerprint density at radius 2 is 1.83 bits per heavy atom. The molecule has 4 rings (SSSR count). The van der Waals surface area contributed by atoms with E-state index in [1.165, 1.54) is 5.56 Å². The number of carbonyl (C=O) groups excluding carboxylic acids is 1. The van der Waals surface area contributed by atoms with E-state index in [1.54, 1.807) is 18.0 Å². The number of amides is 1. The Labute approximate surface area is 218 Å². The van der Waals surface area contributed by atoms with Crippen molar-refractivity contribution in [2.45, 2.75) is 57.5 Å². The van der Waals surface area contributed by atoms with Crippen molar-refractivity contribution in [2.75, 3.05) is 31.6 Å². The minimum atomic E-state index is -0.994. The fraction of sp³-hybridized carbons (Fsp3) is 0.448. The number of fused-ring (bicyclic) bond motifs is 2. The fourth-order valence-electron chi connectivity index (χ4n) is 4.91. The molecule has 1 amide bonds. The van der Waals surface area contributed by atoms with Gasteiger partial charge in [0.25, 0.3) is 0 Å². The van der Waals surface area contributed by atoms with Crippen molar-refractivity contribution < 1.29 is 19.4 Å². The highest BCUT2D eigenvalue weighted by atomic mass is 35.5. The second kappa shape index (κ2) is 12.3. The number of anilines is 1. The Morgan fingerprint density at radius 1 is 1.03 bits per heavy atom. The molecule has 7 heteroatoms. The molecule has 1 unspecified atom stereocenters. The second-order valence-electron chi connectivity index (χ2n) is 9.71. The Kier molecular flexibility index (Phi) is 8.92. The van der Waals surface area contributed by atoms with Gasteiger partial charge in [0.05, 0.1) is 11.6 Å². The van der Waals surface area contributed by atoms with Crippen LogP contribution in [0, 0.1) is 0 Å². The van der Waals surface area contributed by atoms with Crippen molar-refractivity contribution in [3.8, 4) is 5.75 Å². The zero-order chi connectivity index (χ0) is 25.5. The summed E-state index contributed by atoms with van der Waals surface area (Å²) in [5.41, 5.74) is 3.86. The number of aliphatic carboxylic acids is 1. The summed E-state index contributed by atoms with van der Waals surface area (Å²) in [6.07, 6.45) is 10.0. The first-order chi connectivity index (χ1) is 17.4. The molecule has 6 nitrogen and oxygen atoms in total. The summed E-state index contributed by atoms with van der Waals surface area (Å²) in [7, 11) is 1.72. The number of benzene rings is 2. The quantitative estimate of drug-likeness (QED) is 0.489. The summed E-state index contributed by atoms with van der Waals surface area (Å²) in [4.78, 5) is 29.0. The fourth-order valence-corrected chi connectivity index (χ4v) is 5.10. The van der Waals surface area contributed by atoms with Gasteiger partial charge in [-0.15, -0.1) is 0 Å². The third kappa shape index (κ3) is 6.61. The van der Waals surface area contributed by atoms with Crippen LogP contribution in [0.2, 0.25) is 5.02 Å². The van der Waals surface area contributed by atoms with E-state index in [4.69, 9.17) is 16.3 Å². The summed E-state index contributed by atoms with van der Waals surface area (Å²) < 4.78 is 6.35. The van der Waals surface area contributed by atoms with Crippen molar-refractivity contribution in [2.24, 2.45) is 0 Å². The highest BCUT2D eigenvalue weighted by Gasteiger charge is 2.27. The predicted octanol–water partition coefficient (Wildman–Crippen LogP) is 5.82. The van der Waals surface area contributed by atoms with Crippen molar-refractivity contribution in [1.82, 2.24) is 4.90 Å². The zero-order valence-corrected chi connectivity index (χ0v) is 21.7. The van der Waals surface area contributed by atoms with Crippen LogP contribution < -0.4 is 9.64 Å². The first-order valence-electron chi connectivity index (χ1n) is 12.8. The third-order valence-electron chi connectivity index (χ3n) is 7.10. The maximum absolute atomic E-state index is 12.8. The molecule has 0 aliphatic carbocycles. The van der Waals surface area contributed by atoms with Gasteiger partial charge < -0.3 is 19.6 Å². The number of carbonyl (C=O) groups is 2. The van der Waals surface area contributed by atoms with Gasteiger partial charge in [-0.05, 0) is 79.5 Å². The number of hydrogen-bond donors (Lipinski definition) is 1. The molecule has 0 fully saturated rings. The number of halogens is 1. The molecule has 0 radical (unpaired) electrons. The molecule has 1 N–H and O–H groups in total. The topological polar surface area (TPSA) is 70.1 Å². The number of hydrogen-bond acceptors (Lipinski definition) is 4. The highest BCUT2D eigenvalue weighted by Crippen LogP contribution is 2.35. The lowest BCUT2D eigenvalue weighted by molar-refractivity contribution is -0.142. The van der Waals surface area contributed by atoms with Crippen molar-refractivity contribution in [3.63, 3.8) is 0 Å². The Balaban J connectivity index is 1.72. The monoisotopic (exact) mass is 510 g/mol. The smallest absolute Gasteiger partial charge is 0.311 e. The number of aryl methyl sites for hydroxylation is 1. The van der Waals surface area contributed by atoms with Crippen LogP contribution in [-0.4, -0.2) is 48.6 Å². The van der Waals surface area contributed by atoms with Crippen LogP contribution in [0.5, 0.6) is 5.75 Å². The zero-order valence-electron chi connectivity index (χ0n) is 20.9. The third-order valence-corrected chi connectivity index (χ3v) is 7.33. The van der Waals surface area contributed by atoms with E-state index in [0.717, 1.165) is 73.6 Å². The van der Waals surface area contributed by atoms with Gasteiger partial charge in [0.15, 0.2) is 0 Å². The van der Waals surface area contributed by atoms with Crippen LogP contribution in [0.4, 0.5) is 5.69 Å². The van der Waals surface area contributed by atoms with Crippen LogP contribution in [0.1, 0.15) is 61.1 Å². The Hall–Kier alpha value is -2.99. The molecule has 2 heterocycles. The van der Waals surface area contributed by atoms with Crippen LogP contribution >= 0.6 is 11.6 Å². The van der Waals surface area contributed by atoms with Crippen LogP contribution in [0.3, 0.4) is 0 Å². The average Bonchev–Trinajstić information content (AvgIpc) is 2.89. The maximum Gasteiger partial charge on any atom is 0.311 e. The number of ether oxygens (including phenoxy) is 1. The number of rotatable bonds is 1. The molecule has 1 atom stereocenters. The van der Waals surface area contributed by atoms with Crippen molar-refractivity contribution in [1.29, 1.82) is 0 Å². The van der Waals surface area contributed by atoms with E-state index in [-0.39, 0.29) is 12.3 Å². The molecule has 0 saturated heterocycles. The maximum atomic E-state index is 12.8. The van der Waals surface area contributed by atoms with Gasteiger partial charge in [-0.25, -0.2) is 0 Å². The molecule has 36 heavy (non-hydrogen) atoms. The average molecular weight is 511 g/mol. The molecule has 192 valence electrons. The standard InChI is InChI=1S/C29H35ClN2O4/c1-31-14-6-3-2-4-7-15-32-16-8-5-9-21-17-24(30)12-10-23(21)20-36-27-13-11-22(18-26(27)32)25(29(34)35)19-28(31)33/h3,6,10-13,17-18,25H,2,4-5,7-9,14-16,19-20H2,1H3,(H,34,35)/b6-3+. The van der Waals surface area contributed by atoms with E-state index in [1.807, 2.05) is 36.4 Å². The molecule has 2 aromatic carbocycles. The number of likely N-dealkylation sites (N-methyl/N-ethyl adjacent to an activating group) is 1. The molecule has 2 aliphatic rings. The summed E-state index contributed by atoms with van der Waals surface area (Å²) in [6, 6.07) is 11.5. The minimum Gasteiger partial charge on any atom is -0.487 e. The Bertz CT molecular complexity index is 1120. The number of carboxylic acid groups (broad SMARTS) is 1. The van der Waals surface area contributed by atoms with Gasteiger partial charge in [0.2, 0.25) is 5.91 Å².